The van der Waals surface area contributed by atoms with Crippen LogP contribution in [0.25, 0.3) is 0 Å². The SMILES string of the molecule is COc1ccc(N2C(=O)C(C)=C(OS(=O)(=O)C(F)(F)F)CC2C)cc1. The number of hydrogen-bond acceptors (Lipinski definition) is 5. The second kappa shape index (κ2) is 6.58. The quantitative estimate of drug-likeness (QED) is 0.594. The number of ether oxygens (including phenoxy) is 1. The molecule has 138 valence electrons. The molecule has 1 atom stereocenters. The maximum Gasteiger partial charge on any atom is 0.534 e. The summed E-state index contributed by atoms with van der Waals surface area (Å²) in [6, 6.07) is 5.92. The molecule has 0 fully saturated rings. The van der Waals surface area contributed by atoms with E-state index in [4.69, 9.17) is 4.74 Å². The molecule has 0 saturated heterocycles. The lowest BCUT2D eigenvalue weighted by Gasteiger charge is -2.34. The van der Waals surface area contributed by atoms with Gasteiger partial charge in [-0.25, -0.2) is 0 Å². The average Bonchev–Trinajstić information content (AvgIpc) is 2.51. The molecule has 0 bridgehead atoms. The van der Waals surface area contributed by atoms with Gasteiger partial charge in [-0.2, -0.15) is 21.6 Å². The first-order chi connectivity index (χ1) is 11.5. The molecule has 0 saturated carbocycles. The number of anilines is 1. The summed E-state index contributed by atoms with van der Waals surface area (Å²) < 4.78 is 69.0. The first-order valence-electron chi connectivity index (χ1n) is 7.16. The second-order valence-electron chi connectivity index (χ2n) is 5.46. The van der Waals surface area contributed by atoms with E-state index in [1.807, 2.05) is 0 Å². The molecule has 1 aromatic rings. The Hall–Kier alpha value is -2.23. The van der Waals surface area contributed by atoms with Crippen LogP contribution in [0.3, 0.4) is 0 Å². The molecule has 10 heteroatoms. The van der Waals surface area contributed by atoms with E-state index in [0.717, 1.165) is 0 Å². The summed E-state index contributed by atoms with van der Waals surface area (Å²) in [6.45, 7) is 2.81. The van der Waals surface area contributed by atoms with Crippen LogP contribution in [0, 0.1) is 0 Å². The molecule has 1 amide bonds. The van der Waals surface area contributed by atoms with E-state index in [9.17, 15) is 26.4 Å². The largest absolute Gasteiger partial charge is 0.534 e. The lowest BCUT2D eigenvalue weighted by molar-refractivity contribution is -0.116. The summed E-state index contributed by atoms with van der Waals surface area (Å²) in [5, 5.41) is 0. The van der Waals surface area contributed by atoms with Crippen LogP contribution in [-0.2, 0) is 19.1 Å². The molecular weight excluding hydrogens is 363 g/mol. The maximum absolute atomic E-state index is 12.5. The zero-order chi connectivity index (χ0) is 19.0. The maximum atomic E-state index is 12.5. The van der Waals surface area contributed by atoms with E-state index in [-0.39, 0.29) is 12.0 Å². The minimum Gasteiger partial charge on any atom is -0.497 e. The number of hydrogen-bond donors (Lipinski definition) is 0. The summed E-state index contributed by atoms with van der Waals surface area (Å²) in [5.41, 5.74) is -5.24. The van der Waals surface area contributed by atoms with Crippen molar-refractivity contribution >= 4 is 21.7 Å². The second-order valence-corrected chi connectivity index (χ2v) is 7.00. The van der Waals surface area contributed by atoms with Crippen molar-refractivity contribution in [3.63, 3.8) is 0 Å². The van der Waals surface area contributed by atoms with Gasteiger partial charge in [-0.1, -0.05) is 0 Å². The number of carbonyl (C=O) groups excluding carboxylic acids is 1. The predicted octanol–water partition coefficient (Wildman–Crippen LogP) is 2.96. The van der Waals surface area contributed by atoms with Crippen LogP contribution in [0.1, 0.15) is 20.3 Å². The molecule has 0 N–H and O–H groups in total. The van der Waals surface area contributed by atoms with Crippen molar-refractivity contribution in [2.45, 2.75) is 31.8 Å². The Kier molecular flexibility index (Phi) is 5.03. The highest BCUT2D eigenvalue weighted by Crippen LogP contribution is 2.34. The highest BCUT2D eigenvalue weighted by molar-refractivity contribution is 7.87. The van der Waals surface area contributed by atoms with E-state index in [1.165, 1.54) is 18.9 Å². The van der Waals surface area contributed by atoms with Crippen LogP contribution in [-0.4, -0.2) is 33.0 Å². The van der Waals surface area contributed by atoms with Crippen LogP contribution >= 0.6 is 0 Å². The molecule has 2 rings (SSSR count). The van der Waals surface area contributed by atoms with E-state index >= 15 is 0 Å². The summed E-state index contributed by atoms with van der Waals surface area (Å²) in [4.78, 5) is 13.9. The summed E-state index contributed by atoms with van der Waals surface area (Å²) in [6.07, 6.45) is -0.168. The monoisotopic (exact) mass is 379 g/mol. The molecule has 1 aliphatic rings. The zero-order valence-corrected chi connectivity index (χ0v) is 14.4. The number of nitrogens with zero attached hydrogens (tertiary/aromatic N) is 1. The number of halogens is 3. The van der Waals surface area contributed by atoms with E-state index in [2.05, 4.69) is 4.18 Å². The molecule has 6 nitrogen and oxygen atoms in total. The van der Waals surface area contributed by atoms with Crippen molar-refractivity contribution in [3.8, 4) is 5.75 Å². The molecule has 1 aliphatic heterocycles. The molecule has 0 aliphatic carbocycles. The van der Waals surface area contributed by atoms with Gasteiger partial charge < -0.3 is 13.8 Å². The topological polar surface area (TPSA) is 72.9 Å². The third-order valence-electron chi connectivity index (χ3n) is 3.72. The Morgan fingerprint density at radius 3 is 2.24 bits per heavy atom. The number of amides is 1. The van der Waals surface area contributed by atoms with E-state index in [1.54, 1.807) is 31.2 Å². The number of alkyl halides is 3. The molecule has 1 unspecified atom stereocenters. The number of carbonyl (C=O) groups is 1. The smallest absolute Gasteiger partial charge is 0.497 e. The van der Waals surface area contributed by atoms with E-state index < -0.39 is 33.3 Å². The molecule has 25 heavy (non-hydrogen) atoms. The molecule has 0 aromatic heterocycles. The number of benzene rings is 1. The van der Waals surface area contributed by atoms with Crippen LogP contribution in [0.4, 0.5) is 18.9 Å². The fraction of sp³-hybridized carbons (Fsp3) is 0.400. The van der Waals surface area contributed by atoms with Gasteiger partial charge in [0.25, 0.3) is 5.91 Å². The summed E-state index contributed by atoms with van der Waals surface area (Å²) in [7, 11) is -4.33. The first-order valence-corrected chi connectivity index (χ1v) is 8.57. The lowest BCUT2D eigenvalue weighted by atomic mass is 10.0. The molecule has 0 radical (unpaired) electrons. The third kappa shape index (κ3) is 3.73. The van der Waals surface area contributed by atoms with Gasteiger partial charge in [-0.05, 0) is 38.1 Å². The Morgan fingerprint density at radius 2 is 1.76 bits per heavy atom. The van der Waals surface area contributed by atoms with Crippen LogP contribution in [0.2, 0.25) is 0 Å². The fourth-order valence-corrected chi connectivity index (χ4v) is 2.96. The van der Waals surface area contributed by atoms with E-state index in [0.29, 0.717) is 11.4 Å². The average molecular weight is 379 g/mol. The minimum atomic E-state index is -5.81. The minimum absolute atomic E-state index is 0.168. The van der Waals surface area contributed by atoms with Crippen molar-refractivity contribution < 1.29 is 35.3 Å². The van der Waals surface area contributed by atoms with Gasteiger partial charge in [0.05, 0.1) is 12.7 Å². The summed E-state index contributed by atoms with van der Waals surface area (Å²) in [5.74, 6) is -0.552. The Morgan fingerprint density at radius 1 is 1.20 bits per heavy atom. The molecule has 1 aromatic carbocycles. The first kappa shape index (κ1) is 19.1. The van der Waals surface area contributed by atoms with Crippen molar-refractivity contribution in [2.75, 3.05) is 12.0 Å². The van der Waals surface area contributed by atoms with Crippen molar-refractivity contribution in [1.29, 1.82) is 0 Å². The van der Waals surface area contributed by atoms with Crippen LogP contribution in [0.5, 0.6) is 5.75 Å². The fourth-order valence-electron chi connectivity index (χ4n) is 2.40. The number of methoxy groups -OCH3 is 1. The highest BCUT2D eigenvalue weighted by atomic mass is 32.2. The summed E-state index contributed by atoms with van der Waals surface area (Å²) >= 11 is 0. The lowest BCUT2D eigenvalue weighted by Crippen LogP contribution is -2.44. The Labute approximate surface area is 142 Å². The Balaban J connectivity index is 2.34. The standard InChI is InChI=1S/C15H16F3NO5S/c1-9-8-13(24-25(21,22)15(16,17)18)10(2)14(20)19(9)11-4-6-12(23-3)7-5-11/h4-7,9H,8H2,1-3H3. The van der Waals surface area contributed by atoms with Gasteiger partial charge in [-0.3, -0.25) is 4.79 Å². The van der Waals surface area contributed by atoms with Gasteiger partial charge in [0, 0.05) is 18.2 Å². The van der Waals surface area contributed by atoms with Gasteiger partial charge >= 0.3 is 15.6 Å². The molecule has 1 heterocycles. The predicted molar refractivity (Wildman–Crippen MR) is 83.3 cm³/mol. The third-order valence-corrected chi connectivity index (χ3v) is 4.71. The van der Waals surface area contributed by atoms with Gasteiger partial charge in [0.2, 0.25) is 0 Å². The Bertz CT molecular complexity index is 799. The number of rotatable bonds is 4. The highest BCUT2D eigenvalue weighted by Gasteiger charge is 2.49. The van der Waals surface area contributed by atoms with Crippen molar-refractivity contribution in [3.05, 3.63) is 35.6 Å². The molecular formula is C15H16F3NO5S. The van der Waals surface area contributed by atoms with Gasteiger partial charge in [-0.15, -0.1) is 0 Å². The van der Waals surface area contributed by atoms with Crippen LogP contribution < -0.4 is 9.64 Å². The normalized spacial score (nSPS) is 19.2. The van der Waals surface area contributed by atoms with Crippen molar-refractivity contribution in [1.82, 2.24) is 0 Å². The zero-order valence-electron chi connectivity index (χ0n) is 13.6. The molecule has 0 spiro atoms. The van der Waals surface area contributed by atoms with Gasteiger partial charge in [0.1, 0.15) is 11.5 Å². The van der Waals surface area contributed by atoms with Crippen molar-refractivity contribution in [2.24, 2.45) is 0 Å². The van der Waals surface area contributed by atoms with Crippen LogP contribution in [0.15, 0.2) is 35.6 Å². The van der Waals surface area contributed by atoms with Gasteiger partial charge in [0.15, 0.2) is 0 Å².